The zero-order chi connectivity index (χ0) is 17.8. The summed E-state index contributed by atoms with van der Waals surface area (Å²) in [5, 5.41) is 2.01. The van der Waals surface area contributed by atoms with Gasteiger partial charge in [-0.2, -0.15) is 8.78 Å². The Morgan fingerprint density at radius 3 is 2.52 bits per heavy atom. The molecule has 0 N–H and O–H groups in total. The maximum Gasteiger partial charge on any atom is 0.387 e. The first-order valence-corrected chi connectivity index (χ1v) is 8.28. The van der Waals surface area contributed by atoms with Gasteiger partial charge in [0.2, 0.25) is 0 Å². The number of rotatable bonds is 5. The quantitative estimate of drug-likeness (QED) is 0.380. The lowest BCUT2D eigenvalue weighted by Crippen LogP contribution is -2.03. The summed E-state index contributed by atoms with van der Waals surface area (Å²) in [6, 6.07) is 17.8. The van der Waals surface area contributed by atoms with E-state index in [0.29, 0.717) is 15.6 Å². The van der Waals surface area contributed by atoms with Crippen molar-refractivity contribution < 1.29 is 18.3 Å². The van der Waals surface area contributed by atoms with Gasteiger partial charge in [0, 0.05) is 15.6 Å². The van der Waals surface area contributed by atoms with Gasteiger partial charge in [0.15, 0.2) is 5.78 Å². The van der Waals surface area contributed by atoms with Crippen molar-refractivity contribution in [3.05, 3.63) is 82.3 Å². The molecule has 25 heavy (non-hydrogen) atoms. The lowest BCUT2D eigenvalue weighted by Gasteiger charge is -2.08. The third-order valence-electron chi connectivity index (χ3n) is 3.64. The number of hydrogen-bond acceptors (Lipinski definition) is 2. The summed E-state index contributed by atoms with van der Waals surface area (Å²) in [4.78, 5) is 12.4. The lowest BCUT2D eigenvalue weighted by atomic mass is 10.0. The van der Waals surface area contributed by atoms with Crippen LogP contribution in [0, 0.1) is 0 Å². The fraction of sp³-hybridized carbons (Fsp3) is 0.0500. The van der Waals surface area contributed by atoms with Gasteiger partial charge in [0.1, 0.15) is 5.75 Å². The summed E-state index contributed by atoms with van der Waals surface area (Å²) < 4.78 is 30.2. The van der Waals surface area contributed by atoms with Crippen molar-refractivity contribution in [2.24, 2.45) is 0 Å². The van der Waals surface area contributed by atoms with Crippen LogP contribution in [0.25, 0.3) is 16.8 Å². The van der Waals surface area contributed by atoms with Crippen LogP contribution >= 0.6 is 15.9 Å². The molecule has 0 saturated heterocycles. The van der Waals surface area contributed by atoms with E-state index in [-0.39, 0.29) is 11.5 Å². The highest BCUT2D eigenvalue weighted by Gasteiger charge is 2.09. The molecule has 5 heteroatoms. The Balaban J connectivity index is 1.87. The Bertz CT molecular complexity index is 951. The molecule has 0 saturated carbocycles. The van der Waals surface area contributed by atoms with Crippen molar-refractivity contribution in [1.29, 1.82) is 0 Å². The maximum atomic E-state index is 12.5. The molecule has 0 amide bonds. The van der Waals surface area contributed by atoms with Crippen LogP contribution in [0.15, 0.2) is 71.2 Å². The first kappa shape index (κ1) is 17.3. The number of alkyl halides is 2. The van der Waals surface area contributed by atoms with Gasteiger partial charge in [-0.1, -0.05) is 52.3 Å². The van der Waals surface area contributed by atoms with Crippen LogP contribution in [-0.4, -0.2) is 12.4 Å². The molecule has 3 aromatic rings. The van der Waals surface area contributed by atoms with Crippen LogP contribution in [0.1, 0.15) is 15.9 Å². The van der Waals surface area contributed by atoms with Crippen LogP contribution in [0.2, 0.25) is 0 Å². The van der Waals surface area contributed by atoms with Crippen LogP contribution in [0.5, 0.6) is 5.75 Å². The van der Waals surface area contributed by atoms with E-state index in [1.54, 1.807) is 24.3 Å². The summed E-state index contributed by atoms with van der Waals surface area (Å²) in [5.74, 6) is -0.200. The highest BCUT2D eigenvalue weighted by atomic mass is 79.9. The summed E-state index contributed by atoms with van der Waals surface area (Å²) in [5.41, 5.74) is 0.921. The molecule has 126 valence electrons. The molecule has 0 aliphatic carbocycles. The van der Waals surface area contributed by atoms with Gasteiger partial charge < -0.3 is 4.74 Å². The number of carbonyl (C=O) groups is 1. The monoisotopic (exact) mass is 402 g/mol. The van der Waals surface area contributed by atoms with Crippen LogP contribution in [0.3, 0.4) is 0 Å². The highest BCUT2D eigenvalue weighted by Crippen LogP contribution is 2.26. The number of ether oxygens (including phenoxy) is 1. The van der Waals surface area contributed by atoms with Gasteiger partial charge in [0.25, 0.3) is 0 Å². The van der Waals surface area contributed by atoms with E-state index in [2.05, 4.69) is 20.7 Å². The van der Waals surface area contributed by atoms with E-state index in [9.17, 15) is 13.6 Å². The van der Waals surface area contributed by atoms with Crippen molar-refractivity contribution in [3.8, 4) is 5.75 Å². The maximum absolute atomic E-state index is 12.5. The standard InChI is InChI=1S/C20H13BrF2O2/c21-17-8-10-19(25-20(22)23)16(12-17)7-9-18(24)15-6-5-13-3-1-2-4-14(13)11-15/h1-12,20H/b9-7+. The van der Waals surface area contributed by atoms with Gasteiger partial charge in [-0.25, -0.2) is 0 Å². The van der Waals surface area contributed by atoms with E-state index < -0.39 is 6.61 Å². The molecule has 3 aromatic carbocycles. The highest BCUT2D eigenvalue weighted by molar-refractivity contribution is 9.10. The lowest BCUT2D eigenvalue weighted by molar-refractivity contribution is -0.0499. The molecule has 0 atom stereocenters. The molecule has 0 spiro atoms. The molecule has 0 bridgehead atoms. The van der Waals surface area contributed by atoms with E-state index in [1.165, 1.54) is 18.2 Å². The van der Waals surface area contributed by atoms with Crippen molar-refractivity contribution >= 4 is 38.6 Å². The third kappa shape index (κ3) is 4.31. The van der Waals surface area contributed by atoms with Crippen molar-refractivity contribution in [2.45, 2.75) is 6.61 Å². The smallest absolute Gasteiger partial charge is 0.387 e. The number of halogens is 3. The Kier molecular flexibility index (Phi) is 5.24. The summed E-state index contributed by atoms with van der Waals surface area (Å²) in [6.45, 7) is -2.93. The Morgan fingerprint density at radius 2 is 1.76 bits per heavy atom. The van der Waals surface area contributed by atoms with Crippen LogP contribution in [-0.2, 0) is 0 Å². The van der Waals surface area contributed by atoms with Gasteiger partial charge in [-0.05, 0) is 47.2 Å². The summed E-state index contributed by atoms with van der Waals surface area (Å²) >= 11 is 3.28. The van der Waals surface area contributed by atoms with Crippen LogP contribution in [0.4, 0.5) is 8.78 Å². The van der Waals surface area contributed by atoms with Gasteiger partial charge in [-0.3, -0.25) is 4.79 Å². The molecule has 2 nitrogen and oxygen atoms in total. The number of hydrogen-bond donors (Lipinski definition) is 0. The van der Waals surface area contributed by atoms with Crippen molar-refractivity contribution in [3.63, 3.8) is 0 Å². The molecule has 3 rings (SSSR count). The molecule has 0 aliphatic rings. The Hall–Kier alpha value is -2.53. The minimum Gasteiger partial charge on any atom is -0.434 e. The minimum absolute atomic E-state index is 0.0146. The first-order valence-electron chi connectivity index (χ1n) is 7.48. The normalized spacial score (nSPS) is 11.4. The molecule has 0 fully saturated rings. The fourth-order valence-electron chi connectivity index (χ4n) is 2.46. The van der Waals surface area contributed by atoms with Crippen molar-refractivity contribution in [1.82, 2.24) is 0 Å². The largest absolute Gasteiger partial charge is 0.434 e. The summed E-state index contributed by atoms with van der Waals surface area (Å²) in [7, 11) is 0. The number of carbonyl (C=O) groups excluding carboxylic acids is 1. The van der Waals surface area contributed by atoms with Gasteiger partial charge >= 0.3 is 6.61 Å². The molecule has 0 aliphatic heterocycles. The predicted molar refractivity (Wildman–Crippen MR) is 98.1 cm³/mol. The second-order valence-corrected chi connectivity index (χ2v) is 6.24. The predicted octanol–water partition coefficient (Wildman–Crippen LogP) is 6.10. The molecule has 0 radical (unpaired) electrons. The first-order chi connectivity index (χ1) is 12.0. The minimum atomic E-state index is -2.93. The fourth-order valence-corrected chi connectivity index (χ4v) is 2.84. The Labute approximate surface area is 151 Å². The topological polar surface area (TPSA) is 26.3 Å². The average molecular weight is 403 g/mol. The molecule has 0 heterocycles. The van der Waals surface area contributed by atoms with Crippen LogP contribution < -0.4 is 4.74 Å². The van der Waals surface area contributed by atoms with Gasteiger partial charge in [-0.15, -0.1) is 0 Å². The summed E-state index contributed by atoms with van der Waals surface area (Å²) in [6.07, 6.45) is 2.82. The van der Waals surface area contributed by atoms with E-state index >= 15 is 0 Å². The molecular weight excluding hydrogens is 390 g/mol. The van der Waals surface area contributed by atoms with E-state index in [1.807, 2.05) is 30.3 Å². The number of allylic oxidation sites excluding steroid dienone is 1. The number of ketones is 1. The zero-order valence-electron chi connectivity index (χ0n) is 13.0. The van der Waals surface area contributed by atoms with Crippen molar-refractivity contribution in [2.75, 3.05) is 0 Å². The molecular formula is C20H13BrF2O2. The molecule has 0 unspecified atom stereocenters. The van der Waals surface area contributed by atoms with E-state index in [0.717, 1.165) is 10.8 Å². The zero-order valence-corrected chi connectivity index (χ0v) is 14.5. The number of benzene rings is 3. The second kappa shape index (κ2) is 7.57. The number of fused-ring (bicyclic) bond motifs is 1. The SMILES string of the molecule is O=C(/C=C/c1cc(Br)ccc1OC(F)F)c1ccc2ccccc2c1. The third-order valence-corrected chi connectivity index (χ3v) is 4.13. The second-order valence-electron chi connectivity index (χ2n) is 5.32. The van der Waals surface area contributed by atoms with E-state index in [4.69, 9.17) is 0 Å². The average Bonchev–Trinajstić information content (AvgIpc) is 2.60. The Morgan fingerprint density at radius 1 is 1.00 bits per heavy atom. The molecule has 0 aromatic heterocycles. The van der Waals surface area contributed by atoms with Gasteiger partial charge in [0.05, 0.1) is 0 Å².